The Hall–Kier alpha value is -1.80. The molecule has 0 bridgehead atoms. The molecule has 1 rings (SSSR count). The Bertz CT molecular complexity index is 558. The van der Waals surface area contributed by atoms with Crippen molar-refractivity contribution in [3.05, 3.63) is 28.8 Å². The fourth-order valence-electron chi connectivity index (χ4n) is 1.29. The predicted molar refractivity (Wildman–Crippen MR) is 59.4 cm³/mol. The van der Waals surface area contributed by atoms with Gasteiger partial charge in [-0.25, -0.2) is 17.6 Å². The Labute approximate surface area is 114 Å². The molecule has 0 aliphatic heterocycles. The summed E-state index contributed by atoms with van der Waals surface area (Å²) in [6.07, 6.45) is -5.62. The van der Waals surface area contributed by atoms with E-state index in [1.54, 1.807) is 5.32 Å². The van der Waals surface area contributed by atoms with Crippen LogP contribution in [0.25, 0.3) is 0 Å². The average molecular weight is 317 g/mol. The highest BCUT2D eigenvalue weighted by Gasteiger charge is 2.42. The van der Waals surface area contributed by atoms with Gasteiger partial charge in [0.25, 0.3) is 0 Å². The van der Waals surface area contributed by atoms with Crippen LogP contribution in [0.1, 0.15) is 26.3 Å². The smallest absolute Gasteiger partial charge is 0.321 e. The number of carbonyl (C=O) groups is 1. The van der Waals surface area contributed by atoms with E-state index in [1.807, 2.05) is 0 Å². The van der Waals surface area contributed by atoms with Crippen molar-refractivity contribution < 1.29 is 35.5 Å². The summed E-state index contributed by atoms with van der Waals surface area (Å²) in [5.74, 6) is -10.9. The molecule has 0 spiro atoms. The minimum Gasteiger partial charge on any atom is -0.321 e. The lowest BCUT2D eigenvalue weighted by Crippen LogP contribution is -2.29. The fourth-order valence-corrected chi connectivity index (χ4v) is 1.29. The Morgan fingerprint density at radius 3 is 1.52 bits per heavy atom. The summed E-state index contributed by atoms with van der Waals surface area (Å²) in [4.78, 5) is 11.5. The number of hydrogen-bond donors (Lipinski definition) is 1. The van der Waals surface area contributed by atoms with Crippen molar-refractivity contribution in [3.8, 4) is 0 Å². The molecule has 0 radical (unpaired) electrons. The first-order valence-corrected chi connectivity index (χ1v) is 5.53. The highest BCUT2D eigenvalue weighted by molar-refractivity contribution is 5.94. The van der Waals surface area contributed by atoms with Crippen molar-refractivity contribution in [1.29, 1.82) is 0 Å². The third kappa shape index (κ3) is 3.27. The largest absolute Gasteiger partial charge is 0.422 e. The summed E-state index contributed by atoms with van der Waals surface area (Å²) < 4.78 is 90.6. The second-order valence-electron chi connectivity index (χ2n) is 5.21. The normalized spacial score (nSPS) is 12.5. The zero-order valence-corrected chi connectivity index (χ0v) is 11.1. The molecule has 2 nitrogen and oxygen atoms in total. The van der Waals surface area contributed by atoms with E-state index in [2.05, 4.69) is 0 Å². The maximum atomic E-state index is 13.5. The summed E-state index contributed by atoms with van der Waals surface area (Å²) in [5, 5.41) is 1.54. The highest BCUT2D eigenvalue weighted by atomic mass is 19.4. The van der Waals surface area contributed by atoms with E-state index < -0.39 is 52.0 Å². The molecule has 0 heterocycles. The number of hydrogen-bond acceptors (Lipinski definition) is 1. The van der Waals surface area contributed by atoms with Crippen molar-refractivity contribution in [2.75, 3.05) is 5.32 Å². The molecule has 0 atom stereocenters. The predicted octanol–water partition coefficient (Wildman–Crippen LogP) is 4.25. The second-order valence-corrected chi connectivity index (χ2v) is 5.21. The summed E-state index contributed by atoms with van der Waals surface area (Å²) in [6.45, 7) is 3.98. The summed E-state index contributed by atoms with van der Waals surface area (Å²) in [6, 6.07) is 0. The molecule has 0 fully saturated rings. The summed E-state index contributed by atoms with van der Waals surface area (Å²) >= 11 is 0. The maximum Gasteiger partial charge on any atom is 0.422 e. The summed E-state index contributed by atoms with van der Waals surface area (Å²) in [5.41, 5.74) is -5.47. The molecule has 0 aromatic heterocycles. The van der Waals surface area contributed by atoms with E-state index in [1.165, 1.54) is 20.8 Å². The first kappa shape index (κ1) is 17.3. The maximum absolute atomic E-state index is 13.5. The van der Waals surface area contributed by atoms with Gasteiger partial charge in [0.1, 0.15) is 11.3 Å². The molecule has 118 valence electrons. The molecule has 0 saturated carbocycles. The third-order valence-electron chi connectivity index (χ3n) is 2.47. The van der Waals surface area contributed by atoms with Gasteiger partial charge in [-0.2, -0.15) is 13.2 Å². The summed E-state index contributed by atoms with van der Waals surface area (Å²) in [7, 11) is 0. The van der Waals surface area contributed by atoms with Crippen molar-refractivity contribution in [3.63, 3.8) is 0 Å². The van der Waals surface area contributed by atoms with Crippen LogP contribution in [-0.4, -0.2) is 5.91 Å². The number of alkyl halides is 3. The molecule has 0 unspecified atom stereocenters. The van der Waals surface area contributed by atoms with Gasteiger partial charge in [-0.1, -0.05) is 20.8 Å². The van der Waals surface area contributed by atoms with Gasteiger partial charge in [0.2, 0.25) is 5.91 Å². The molecule has 9 heteroatoms. The van der Waals surface area contributed by atoms with E-state index >= 15 is 0 Å². The molecule has 1 N–H and O–H groups in total. The van der Waals surface area contributed by atoms with E-state index in [4.69, 9.17) is 0 Å². The third-order valence-corrected chi connectivity index (χ3v) is 2.47. The number of rotatable bonds is 1. The Morgan fingerprint density at radius 2 is 1.24 bits per heavy atom. The number of carbonyl (C=O) groups excluding carboxylic acids is 1. The SMILES string of the molecule is CC(C)(C)C(=O)Nc1c(F)c(F)c(C(F)(F)F)c(F)c1F. The number of anilines is 1. The monoisotopic (exact) mass is 317 g/mol. The van der Waals surface area contributed by atoms with Crippen LogP contribution in [-0.2, 0) is 11.0 Å². The Morgan fingerprint density at radius 1 is 0.857 bits per heavy atom. The van der Waals surface area contributed by atoms with E-state index in [0.717, 1.165) is 0 Å². The lowest BCUT2D eigenvalue weighted by Gasteiger charge is -2.19. The van der Waals surface area contributed by atoms with Gasteiger partial charge in [0.15, 0.2) is 23.3 Å². The van der Waals surface area contributed by atoms with Gasteiger partial charge in [-0.05, 0) is 0 Å². The minimum absolute atomic E-state index is 1.03. The second kappa shape index (κ2) is 5.19. The Kier molecular flexibility index (Phi) is 4.27. The van der Waals surface area contributed by atoms with Gasteiger partial charge in [0.05, 0.1) is 0 Å². The molecule has 21 heavy (non-hydrogen) atoms. The molecule has 1 aromatic carbocycles. The van der Waals surface area contributed by atoms with E-state index in [0.29, 0.717) is 0 Å². The van der Waals surface area contributed by atoms with Crippen molar-refractivity contribution >= 4 is 11.6 Å². The molecule has 1 aromatic rings. The molecule has 0 aliphatic rings. The van der Waals surface area contributed by atoms with Gasteiger partial charge in [-0.15, -0.1) is 0 Å². The molecule has 1 amide bonds. The van der Waals surface area contributed by atoms with Gasteiger partial charge >= 0.3 is 6.18 Å². The average Bonchev–Trinajstić information content (AvgIpc) is 2.29. The van der Waals surface area contributed by atoms with Gasteiger partial charge in [-0.3, -0.25) is 4.79 Å². The molecular formula is C12H10F7NO. The van der Waals surface area contributed by atoms with Crippen molar-refractivity contribution in [2.24, 2.45) is 5.41 Å². The quantitative estimate of drug-likeness (QED) is 0.609. The molecule has 0 saturated heterocycles. The first-order valence-electron chi connectivity index (χ1n) is 5.53. The van der Waals surface area contributed by atoms with Crippen LogP contribution in [0.15, 0.2) is 0 Å². The van der Waals surface area contributed by atoms with Crippen LogP contribution in [0.4, 0.5) is 36.4 Å². The van der Waals surface area contributed by atoms with Crippen LogP contribution >= 0.6 is 0 Å². The number of halogens is 7. The lowest BCUT2D eigenvalue weighted by atomic mass is 9.95. The lowest BCUT2D eigenvalue weighted by molar-refractivity contribution is -0.143. The van der Waals surface area contributed by atoms with Crippen LogP contribution in [0, 0.1) is 28.7 Å². The standard InChI is InChI=1S/C12H10F7NO/c1-11(2,3)10(21)20-9-7(15)5(13)4(12(17,18)19)6(14)8(9)16/h1-3H3,(H,20,21). The van der Waals surface area contributed by atoms with Crippen LogP contribution in [0.5, 0.6) is 0 Å². The fraction of sp³-hybridized carbons (Fsp3) is 0.417. The topological polar surface area (TPSA) is 29.1 Å². The number of nitrogens with one attached hydrogen (secondary N) is 1. The van der Waals surface area contributed by atoms with E-state index in [-0.39, 0.29) is 0 Å². The van der Waals surface area contributed by atoms with Crippen LogP contribution in [0.3, 0.4) is 0 Å². The number of amides is 1. The van der Waals surface area contributed by atoms with Crippen molar-refractivity contribution in [2.45, 2.75) is 26.9 Å². The first-order chi connectivity index (χ1) is 9.28. The van der Waals surface area contributed by atoms with Gasteiger partial charge < -0.3 is 5.32 Å². The van der Waals surface area contributed by atoms with Crippen molar-refractivity contribution in [1.82, 2.24) is 0 Å². The molecular weight excluding hydrogens is 307 g/mol. The molecule has 0 aliphatic carbocycles. The number of benzene rings is 1. The Balaban J connectivity index is 3.49. The highest BCUT2D eigenvalue weighted by Crippen LogP contribution is 2.38. The minimum atomic E-state index is -5.62. The van der Waals surface area contributed by atoms with Gasteiger partial charge in [0, 0.05) is 5.41 Å². The zero-order chi connectivity index (χ0) is 16.7. The zero-order valence-electron chi connectivity index (χ0n) is 11.1. The van der Waals surface area contributed by atoms with Crippen LogP contribution < -0.4 is 5.32 Å². The van der Waals surface area contributed by atoms with Crippen LogP contribution in [0.2, 0.25) is 0 Å². The van der Waals surface area contributed by atoms with E-state index in [9.17, 15) is 35.5 Å².